The zero-order valence-electron chi connectivity index (χ0n) is 9.47. The molecule has 0 saturated heterocycles. The third-order valence-corrected chi connectivity index (χ3v) is 1.71. The molecule has 0 aliphatic heterocycles. The van der Waals surface area contributed by atoms with Crippen LogP contribution in [-0.4, -0.2) is 28.2 Å². The number of nitrogens with one attached hydrogen (secondary N) is 2. The van der Waals surface area contributed by atoms with E-state index in [-0.39, 0.29) is 6.54 Å². The minimum atomic E-state index is -1.28. The summed E-state index contributed by atoms with van der Waals surface area (Å²) in [5.41, 5.74) is 0.674. The average molecular weight is 253 g/mol. The number of aryl methyl sites for hydroxylation is 1. The molecule has 1 heterocycles. The second kappa shape index (κ2) is 6.18. The van der Waals surface area contributed by atoms with Crippen molar-refractivity contribution in [1.82, 2.24) is 15.8 Å². The molecule has 0 atom stereocenters. The second-order valence-electron chi connectivity index (χ2n) is 3.28. The van der Waals surface area contributed by atoms with Crippen LogP contribution in [0.3, 0.4) is 0 Å². The summed E-state index contributed by atoms with van der Waals surface area (Å²) in [5, 5.41) is 16.1. The molecule has 0 radical (unpaired) electrons. The zero-order chi connectivity index (χ0) is 13.5. The van der Waals surface area contributed by atoms with Gasteiger partial charge >= 0.3 is 12.0 Å². The quantitative estimate of drug-likeness (QED) is 0.647. The van der Waals surface area contributed by atoms with Crippen LogP contribution in [0, 0.1) is 6.92 Å². The molecule has 8 heteroatoms. The summed E-state index contributed by atoms with van der Waals surface area (Å²) < 4.78 is 4.83. The molecular formula is C10H11N3O5. The van der Waals surface area contributed by atoms with Gasteiger partial charge in [-0.25, -0.2) is 9.59 Å². The standard InChI is InChI=1S/C10H11N3O5/c1-6-4-7(18-13-6)5-11-10(17)12-8(14)2-3-9(15)16/h2-4H,5H2,1H3,(H,15,16)(H2,11,12,14,17). The van der Waals surface area contributed by atoms with E-state index in [1.165, 1.54) is 0 Å². The lowest BCUT2D eigenvalue weighted by Crippen LogP contribution is -2.38. The molecule has 1 aromatic heterocycles. The zero-order valence-corrected chi connectivity index (χ0v) is 9.47. The van der Waals surface area contributed by atoms with Crippen LogP contribution in [0.15, 0.2) is 22.7 Å². The van der Waals surface area contributed by atoms with Gasteiger partial charge in [0.1, 0.15) is 0 Å². The van der Waals surface area contributed by atoms with Gasteiger partial charge in [-0.15, -0.1) is 0 Å². The van der Waals surface area contributed by atoms with Crippen molar-refractivity contribution in [2.24, 2.45) is 0 Å². The first kappa shape index (κ1) is 13.4. The van der Waals surface area contributed by atoms with Crippen LogP contribution in [0.5, 0.6) is 0 Å². The van der Waals surface area contributed by atoms with Crippen LogP contribution in [-0.2, 0) is 16.1 Å². The number of hydrogen-bond donors (Lipinski definition) is 3. The molecule has 18 heavy (non-hydrogen) atoms. The highest BCUT2D eigenvalue weighted by Crippen LogP contribution is 2.00. The van der Waals surface area contributed by atoms with Crippen molar-refractivity contribution in [2.45, 2.75) is 13.5 Å². The number of imide groups is 1. The average Bonchev–Trinajstić information content (AvgIpc) is 2.70. The smallest absolute Gasteiger partial charge is 0.328 e. The first-order valence-electron chi connectivity index (χ1n) is 4.89. The highest BCUT2D eigenvalue weighted by atomic mass is 16.5. The van der Waals surface area contributed by atoms with Crippen LogP contribution in [0.25, 0.3) is 0 Å². The van der Waals surface area contributed by atoms with Crippen molar-refractivity contribution in [2.75, 3.05) is 0 Å². The lowest BCUT2D eigenvalue weighted by atomic mass is 10.4. The molecule has 0 aromatic carbocycles. The predicted molar refractivity (Wildman–Crippen MR) is 58.4 cm³/mol. The molecule has 0 fully saturated rings. The molecular weight excluding hydrogens is 242 g/mol. The Morgan fingerprint density at radius 2 is 2.17 bits per heavy atom. The van der Waals surface area contributed by atoms with Crippen LogP contribution in [0.4, 0.5) is 4.79 Å². The third-order valence-electron chi connectivity index (χ3n) is 1.71. The topological polar surface area (TPSA) is 122 Å². The molecule has 8 nitrogen and oxygen atoms in total. The van der Waals surface area contributed by atoms with E-state index in [1.807, 2.05) is 5.32 Å². The van der Waals surface area contributed by atoms with Gasteiger partial charge in [0.2, 0.25) is 0 Å². The molecule has 96 valence electrons. The van der Waals surface area contributed by atoms with E-state index < -0.39 is 17.9 Å². The molecule has 0 aliphatic carbocycles. The van der Waals surface area contributed by atoms with E-state index in [0.29, 0.717) is 17.5 Å². The molecule has 0 aliphatic rings. The van der Waals surface area contributed by atoms with Crippen LogP contribution in [0.2, 0.25) is 0 Å². The lowest BCUT2D eigenvalue weighted by molar-refractivity contribution is -0.131. The van der Waals surface area contributed by atoms with Crippen molar-refractivity contribution < 1.29 is 24.0 Å². The summed E-state index contributed by atoms with van der Waals surface area (Å²) in [6, 6.07) is 0.871. The molecule has 1 aromatic rings. The maximum absolute atomic E-state index is 11.2. The minimum absolute atomic E-state index is 0.0720. The number of aromatic nitrogens is 1. The molecule has 3 N–H and O–H groups in total. The van der Waals surface area contributed by atoms with E-state index in [9.17, 15) is 14.4 Å². The van der Waals surface area contributed by atoms with Gasteiger partial charge in [0.25, 0.3) is 5.91 Å². The SMILES string of the molecule is Cc1cc(CNC(=O)NC(=O)C=CC(=O)O)on1. The van der Waals surface area contributed by atoms with Crippen molar-refractivity contribution in [3.05, 3.63) is 29.7 Å². The van der Waals surface area contributed by atoms with Gasteiger partial charge in [-0.05, 0) is 6.92 Å². The summed E-state index contributed by atoms with van der Waals surface area (Å²) in [7, 11) is 0. The van der Waals surface area contributed by atoms with Crippen molar-refractivity contribution in [1.29, 1.82) is 0 Å². The summed E-state index contributed by atoms with van der Waals surface area (Å²) in [4.78, 5) is 32.3. The summed E-state index contributed by atoms with van der Waals surface area (Å²) in [5.74, 6) is -1.66. The van der Waals surface area contributed by atoms with Gasteiger partial charge in [-0.2, -0.15) is 0 Å². The Labute approximate surface area is 102 Å². The predicted octanol–water partition coefficient (Wildman–Crippen LogP) is -0.0504. The van der Waals surface area contributed by atoms with E-state index in [2.05, 4.69) is 10.5 Å². The number of carbonyl (C=O) groups is 3. The maximum Gasteiger partial charge on any atom is 0.328 e. The molecule has 3 amide bonds. The number of carbonyl (C=O) groups excluding carboxylic acids is 2. The fourth-order valence-electron chi connectivity index (χ4n) is 1.01. The first-order chi connectivity index (χ1) is 8.47. The normalized spacial score (nSPS) is 10.3. The lowest BCUT2D eigenvalue weighted by Gasteiger charge is -2.01. The van der Waals surface area contributed by atoms with E-state index in [0.717, 1.165) is 6.08 Å². The van der Waals surface area contributed by atoms with Crippen LogP contribution in [0.1, 0.15) is 11.5 Å². The number of carboxylic acid groups (broad SMARTS) is 1. The molecule has 0 bridgehead atoms. The van der Waals surface area contributed by atoms with Crippen molar-refractivity contribution >= 4 is 17.9 Å². The fourth-order valence-corrected chi connectivity index (χ4v) is 1.01. The van der Waals surface area contributed by atoms with Crippen molar-refractivity contribution in [3.8, 4) is 0 Å². The van der Waals surface area contributed by atoms with Gasteiger partial charge in [-0.1, -0.05) is 5.16 Å². The minimum Gasteiger partial charge on any atom is -0.478 e. The Morgan fingerprint density at radius 3 is 2.72 bits per heavy atom. The van der Waals surface area contributed by atoms with E-state index in [1.54, 1.807) is 13.0 Å². The molecule has 0 unspecified atom stereocenters. The summed E-state index contributed by atoms with van der Waals surface area (Å²) in [6.07, 6.45) is 1.36. The number of urea groups is 1. The summed E-state index contributed by atoms with van der Waals surface area (Å²) in [6.45, 7) is 1.80. The Morgan fingerprint density at radius 1 is 1.44 bits per heavy atom. The number of amides is 3. The largest absolute Gasteiger partial charge is 0.478 e. The van der Waals surface area contributed by atoms with Gasteiger partial charge in [0, 0.05) is 18.2 Å². The van der Waals surface area contributed by atoms with E-state index in [4.69, 9.17) is 9.63 Å². The number of hydrogen-bond acceptors (Lipinski definition) is 5. The third kappa shape index (κ3) is 4.92. The number of carboxylic acids is 1. The summed E-state index contributed by atoms with van der Waals surface area (Å²) >= 11 is 0. The van der Waals surface area contributed by atoms with Crippen LogP contribution < -0.4 is 10.6 Å². The Hall–Kier alpha value is -2.64. The number of rotatable bonds is 4. The van der Waals surface area contributed by atoms with Gasteiger partial charge in [-0.3, -0.25) is 10.1 Å². The van der Waals surface area contributed by atoms with Crippen molar-refractivity contribution in [3.63, 3.8) is 0 Å². The Kier molecular flexibility index (Phi) is 4.61. The molecule has 0 saturated carbocycles. The maximum atomic E-state index is 11.2. The Bertz CT molecular complexity index is 491. The second-order valence-corrected chi connectivity index (χ2v) is 3.28. The van der Waals surface area contributed by atoms with Gasteiger partial charge in [0.05, 0.1) is 12.2 Å². The molecule has 0 spiro atoms. The Balaban J connectivity index is 2.33. The highest BCUT2D eigenvalue weighted by molar-refractivity contribution is 6.02. The highest BCUT2D eigenvalue weighted by Gasteiger charge is 2.06. The number of aliphatic carboxylic acids is 1. The molecule has 1 rings (SSSR count). The first-order valence-corrected chi connectivity index (χ1v) is 4.89. The van der Waals surface area contributed by atoms with E-state index >= 15 is 0 Å². The van der Waals surface area contributed by atoms with Gasteiger partial charge in [0.15, 0.2) is 5.76 Å². The van der Waals surface area contributed by atoms with Gasteiger partial charge < -0.3 is 14.9 Å². The van der Waals surface area contributed by atoms with Crippen LogP contribution >= 0.6 is 0 Å². The monoisotopic (exact) mass is 253 g/mol. The number of nitrogens with zero attached hydrogens (tertiary/aromatic N) is 1. The fraction of sp³-hybridized carbons (Fsp3) is 0.200.